The van der Waals surface area contributed by atoms with Crippen molar-refractivity contribution in [2.24, 2.45) is 0 Å². The first kappa shape index (κ1) is 19.7. The van der Waals surface area contributed by atoms with E-state index < -0.39 is 6.10 Å². The predicted octanol–water partition coefficient (Wildman–Crippen LogP) is 3.58. The minimum absolute atomic E-state index is 0.0727. The van der Waals surface area contributed by atoms with E-state index in [0.29, 0.717) is 23.7 Å². The number of rotatable bonds is 6. The Hall–Kier alpha value is -3.61. The first-order valence-corrected chi connectivity index (χ1v) is 10.1. The molecular formula is C23H24N4O3. The van der Waals surface area contributed by atoms with Crippen LogP contribution in [-0.2, 0) is 16.0 Å². The van der Waals surface area contributed by atoms with Crippen molar-refractivity contribution in [3.63, 3.8) is 0 Å². The molecule has 2 amide bonds. The highest BCUT2D eigenvalue weighted by Crippen LogP contribution is 2.29. The summed E-state index contributed by atoms with van der Waals surface area (Å²) in [6, 6.07) is 13.3. The van der Waals surface area contributed by atoms with Crippen molar-refractivity contribution in [1.29, 1.82) is 0 Å². The van der Waals surface area contributed by atoms with Gasteiger partial charge in [0.2, 0.25) is 5.91 Å². The Kier molecular flexibility index (Phi) is 5.52. The quantitative estimate of drug-likeness (QED) is 0.681. The maximum absolute atomic E-state index is 13.2. The van der Waals surface area contributed by atoms with Crippen LogP contribution in [0.4, 0.5) is 11.5 Å². The fraction of sp³-hybridized carbons (Fsp3) is 0.261. The van der Waals surface area contributed by atoms with E-state index in [-0.39, 0.29) is 18.4 Å². The van der Waals surface area contributed by atoms with Gasteiger partial charge in [-0.25, -0.2) is 4.98 Å². The smallest absolute Gasteiger partial charge is 0.269 e. The number of aromatic nitrogens is 2. The summed E-state index contributed by atoms with van der Waals surface area (Å²) < 4.78 is 7.98. The summed E-state index contributed by atoms with van der Waals surface area (Å²) in [7, 11) is 0. The second kappa shape index (κ2) is 8.41. The SMILES string of the molecule is CCc1cnc2c(c1)NC(=O)CN2C(=O)C(CC)Oc1ccc(-n2cccc2)cc1. The van der Waals surface area contributed by atoms with Gasteiger partial charge in [0.1, 0.15) is 12.3 Å². The van der Waals surface area contributed by atoms with E-state index >= 15 is 0 Å². The maximum atomic E-state index is 13.2. The molecule has 3 aromatic rings. The summed E-state index contributed by atoms with van der Waals surface area (Å²) in [4.78, 5) is 31.2. The van der Waals surface area contributed by atoms with Crippen LogP contribution >= 0.6 is 0 Å². The fourth-order valence-corrected chi connectivity index (χ4v) is 3.44. The number of hydrogen-bond acceptors (Lipinski definition) is 4. The number of nitrogens with one attached hydrogen (secondary N) is 1. The van der Waals surface area contributed by atoms with E-state index in [2.05, 4.69) is 10.3 Å². The number of ether oxygens (including phenoxy) is 1. The first-order valence-electron chi connectivity index (χ1n) is 10.1. The van der Waals surface area contributed by atoms with E-state index in [9.17, 15) is 9.59 Å². The second-order valence-electron chi connectivity index (χ2n) is 7.14. The molecule has 1 atom stereocenters. The zero-order valence-electron chi connectivity index (χ0n) is 17.0. The molecule has 0 saturated carbocycles. The van der Waals surface area contributed by atoms with Gasteiger partial charge in [0.15, 0.2) is 11.9 Å². The number of carbonyl (C=O) groups excluding carboxylic acids is 2. The topological polar surface area (TPSA) is 76.5 Å². The summed E-state index contributed by atoms with van der Waals surface area (Å²) in [6.07, 6.45) is 6.21. The number of benzene rings is 1. The van der Waals surface area contributed by atoms with E-state index in [1.165, 1.54) is 4.90 Å². The van der Waals surface area contributed by atoms with Crippen molar-refractivity contribution in [2.45, 2.75) is 32.8 Å². The standard InChI is InChI=1S/C23H24N4O3/c1-3-16-13-19-22(24-14-16)27(15-21(28)25-19)23(29)20(4-2)30-18-9-7-17(8-10-18)26-11-5-6-12-26/h5-14,20H,3-4,15H2,1-2H3,(H,25,28). The first-order chi connectivity index (χ1) is 14.6. The van der Waals surface area contributed by atoms with E-state index in [4.69, 9.17) is 4.74 Å². The Morgan fingerprint density at radius 3 is 2.60 bits per heavy atom. The molecule has 0 bridgehead atoms. The number of fused-ring (bicyclic) bond motifs is 1. The Bertz CT molecular complexity index is 1040. The number of nitrogens with zero attached hydrogens (tertiary/aromatic N) is 3. The van der Waals surface area contributed by atoms with Crippen LogP contribution in [0.3, 0.4) is 0 Å². The largest absolute Gasteiger partial charge is 0.481 e. The third kappa shape index (κ3) is 3.91. The third-order valence-corrected chi connectivity index (χ3v) is 5.09. The highest BCUT2D eigenvalue weighted by Gasteiger charge is 2.33. The van der Waals surface area contributed by atoms with Crippen molar-refractivity contribution in [1.82, 2.24) is 9.55 Å². The van der Waals surface area contributed by atoms with Crippen LogP contribution in [0, 0.1) is 0 Å². The summed E-state index contributed by atoms with van der Waals surface area (Å²) >= 11 is 0. The molecule has 0 spiro atoms. The van der Waals surface area contributed by atoms with Crippen LogP contribution < -0.4 is 15.0 Å². The molecular weight excluding hydrogens is 380 g/mol. The molecule has 154 valence electrons. The van der Waals surface area contributed by atoms with Gasteiger partial charge in [0.25, 0.3) is 5.91 Å². The van der Waals surface area contributed by atoms with Crippen molar-refractivity contribution < 1.29 is 14.3 Å². The minimum Gasteiger partial charge on any atom is -0.481 e. The number of amides is 2. The Labute approximate surface area is 175 Å². The molecule has 3 heterocycles. The average molecular weight is 404 g/mol. The van der Waals surface area contributed by atoms with Gasteiger partial charge in [-0.3, -0.25) is 14.5 Å². The fourth-order valence-electron chi connectivity index (χ4n) is 3.44. The van der Waals surface area contributed by atoms with Crippen molar-refractivity contribution >= 4 is 23.3 Å². The lowest BCUT2D eigenvalue weighted by atomic mass is 10.1. The molecule has 1 N–H and O–H groups in total. The normalized spacial score (nSPS) is 14.1. The van der Waals surface area contributed by atoms with Crippen molar-refractivity contribution in [3.8, 4) is 11.4 Å². The van der Waals surface area contributed by atoms with Gasteiger partial charge in [-0.05, 0) is 60.9 Å². The van der Waals surface area contributed by atoms with Crippen LogP contribution in [0.25, 0.3) is 5.69 Å². The molecule has 0 fully saturated rings. The molecule has 4 rings (SSSR count). The van der Waals surface area contributed by atoms with Crippen LogP contribution in [0.15, 0.2) is 61.1 Å². The monoisotopic (exact) mass is 404 g/mol. The molecule has 2 aromatic heterocycles. The van der Waals surface area contributed by atoms with E-state index in [0.717, 1.165) is 17.7 Å². The number of aryl methyl sites for hydroxylation is 1. The molecule has 0 aliphatic carbocycles. The summed E-state index contributed by atoms with van der Waals surface area (Å²) in [5.74, 6) is 0.542. The number of anilines is 2. The molecule has 0 saturated heterocycles. The summed E-state index contributed by atoms with van der Waals surface area (Å²) in [5, 5.41) is 2.81. The Balaban J connectivity index is 1.54. The predicted molar refractivity (Wildman–Crippen MR) is 115 cm³/mol. The zero-order valence-corrected chi connectivity index (χ0v) is 17.0. The van der Waals surface area contributed by atoms with Gasteiger partial charge >= 0.3 is 0 Å². The van der Waals surface area contributed by atoms with E-state index in [1.54, 1.807) is 6.20 Å². The highest BCUT2D eigenvalue weighted by atomic mass is 16.5. The molecule has 1 aromatic carbocycles. The molecule has 7 nitrogen and oxygen atoms in total. The summed E-state index contributed by atoms with van der Waals surface area (Å²) in [6.45, 7) is 3.82. The zero-order chi connectivity index (χ0) is 21.1. The van der Waals surface area contributed by atoms with Gasteiger partial charge in [-0.2, -0.15) is 0 Å². The lowest BCUT2D eigenvalue weighted by Gasteiger charge is -2.31. The molecule has 1 unspecified atom stereocenters. The number of carbonyl (C=O) groups is 2. The minimum atomic E-state index is -0.714. The second-order valence-corrected chi connectivity index (χ2v) is 7.14. The van der Waals surface area contributed by atoms with Gasteiger partial charge < -0.3 is 14.6 Å². The molecule has 7 heteroatoms. The van der Waals surface area contributed by atoms with Gasteiger partial charge in [0.05, 0.1) is 5.69 Å². The molecule has 1 aliphatic heterocycles. The molecule has 0 radical (unpaired) electrons. The third-order valence-electron chi connectivity index (χ3n) is 5.09. The molecule has 30 heavy (non-hydrogen) atoms. The lowest BCUT2D eigenvalue weighted by molar-refractivity contribution is -0.127. The van der Waals surface area contributed by atoms with E-state index in [1.807, 2.05) is 73.3 Å². The van der Waals surface area contributed by atoms with Gasteiger partial charge in [-0.15, -0.1) is 0 Å². The van der Waals surface area contributed by atoms with Crippen LogP contribution in [0.1, 0.15) is 25.8 Å². The maximum Gasteiger partial charge on any atom is 0.269 e. The Morgan fingerprint density at radius 2 is 1.93 bits per heavy atom. The number of pyridine rings is 1. The highest BCUT2D eigenvalue weighted by molar-refractivity contribution is 6.10. The van der Waals surface area contributed by atoms with Gasteiger partial charge in [-0.1, -0.05) is 13.8 Å². The van der Waals surface area contributed by atoms with Crippen LogP contribution in [0.2, 0.25) is 0 Å². The summed E-state index contributed by atoms with van der Waals surface area (Å²) in [5.41, 5.74) is 2.56. The van der Waals surface area contributed by atoms with Crippen LogP contribution in [-0.4, -0.2) is 34.0 Å². The van der Waals surface area contributed by atoms with Gasteiger partial charge in [0, 0.05) is 24.3 Å². The average Bonchev–Trinajstić information content (AvgIpc) is 3.31. The van der Waals surface area contributed by atoms with Crippen LogP contribution in [0.5, 0.6) is 5.75 Å². The Morgan fingerprint density at radius 1 is 1.20 bits per heavy atom. The molecule has 1 aliphatic rings. The lowest BCUT2D eigenvalue weighted by Crippen LogP contribution is -2.48. The number of hydrogen-bond donors (Lipinski definition) is 1. The van der Waals surface area contributed by atoms with Crippen molar-refractivity contribution in [3.05, 3.63) is 66.6 Å². The van der Waals surface area contributed by atoms with Crippen molar-refractivity contribution in [2.75, 3.05) is 16.8 Å².